The summed E-state index contributed by atoms with van der Waals surface area (Å²) in [6.07, 6.45) is 0. The molecule has 162 valence electrons. The van der Waals surface area contributed by atoms with Crippen molar-refractivity contribution in [2.24, 2.45) is 0 Å². The second-order valence-corrected chi connectivity index (χ2v) is 7.24. The molecule has 32 heavy (non-hydrogen) atoms. The number of methoxy groups -OCH3 is 1. The molecule has 1 heterocycles. The van der Waals surface area contributed by atoms with Gasteiger partial charge >= 0.3 is 0 Å². The van der Waals surface area contributed by atoms with Gasteiger partial charge in [-0.15, -0.1) is 0 Å². The molecule has 3 aromatic rings. The standard InChI is InChI=1S/C26H23NO5/c1-3-32-20-14-12-18(13-15-20)24(28)22-23(17-8-5-4-6-9-17)27(26(30)25(22)29)19-10-7-11-21(16-19)31-2/h4-16,23,28H,3H2,1-2H3/b24-22+. The van der Waals surface area contributed by atoms with E-state index in [-0.39, 0.29) is 11.3 Å². The van der Waals surface area contributed by atoms with Gasteiger partial charge in [0.1, 0.15) is 17.3 Å². The lowest BCUT2D eigenvalue weighted by Gasteiger charge is -2.25. The fourth-order valence-electron chi connectivity index (χ4n) is 3.84. The fourth-order valence-corrected chi connectivity index (χ4v) is 3.84. The quantitative estimate of drug-likeness (QED) is 0.349. The molecule has 6 nitrogen and oxygen atoms in total. The molecular weight excluding hydrogens is 406 g/mol. The van der Waals surface area contributed by atoms with Crippen LogP contribution >= 0.6 is 0 Å². The number of Topliss-reactive ketones (excluding diaryl/α,β-unsaturated/α-hetero) is 1. The van der Waals surface area contributed by atoms with Crippen molar-refractivity contribution in [1.29, 1.82) is 0 Å². The van der Waals surface area contributed by atoms with Crippen LogP contribution in [0.25, 0.3) is 5.76 Å². The van der Waals surface area contributed by atoms with Crippen LogP contribution in [0.4, 0.5) is 5.69 Å². The summed E-state index contributed by atoms with van der Waals surface area (Å²) in [7, 11) is 1.54. The molecule has 0 aromatic heterocycles. The average molecular weight is 429 g/mol. The maximum absolute atomic E-state index is 13.1. The lowest BCUT2D eigenvalue weighted by Crippen LogP contribution is -2.29. The predicted molar refractivity (Wildman–Crippen MR) is 122 cm³/mol. The average Bonchev–Trinajstić information content (AvgIpc) is 3.10. The molecule has 1 amide bonds. The Bertz CT molecular complexity index is 1170. The van der Waals surface area contributed by atoms with Crippen molar-refractivity contribution < 1.29 is 24.2 Å². The van der Waals surface area contributed by atoms with Crippen LogP contribution in [0.5, 0.6) is 11.5 Å². The van der Waals surface area contributed by atoms with Gasteiger partial charge in [0.15, 0.2) is 0 Å². The highest BCUT2D eigenvalue weighted by Crippen LogP contribution is 2.42. The smallest absolute Gasteiger partial charge is 0.300 e. The van der Waals surface area contributed by atoms with Crippen LogP contribution in [-0.2, 0) is 9.59 Å². The summed E-state index contributed by atoms with van der Waals surface area (Å²) in [5, 5.41) is 11.1. The van der Waals surface area contributed by atoms with Crippen molar-refractivity contribution in [2.75, 3.05) is 18.6 Å². The molecule has 1 fully saturated rings. The Morgan fingerprint density at radius 1 is 0.938 bits per heavy atom. The third-order valence-electron chi connectivity index (χ3n) is 5.33. The number of benzene rings is 3. The molecule has 1 aliphatic heterocycles. The number of carbonyl (C=O) groups is 2. The molecule has 0 radical (unpaired) electrons. The maximum atomic E-state index is 13.1. The number of hydrogen-bond donors (Lipinski definition) is 1. The molecule has 0 aliphatic carbocycles. The summed E-state index contributed by atoms with van der Waals surface area (Å²) in [5.41, 5.74) is 1.68. The van der Waals surface area contributed by atoms with E-state index in [9.17, 15) is 14.7 Å². The number of hydrogen-bond acceptors (Lipinski definition) is 5. The number of aliphatic hydroxyl groups is 1. The van der Waals surface area contributed by atoms with Crippen molar-refractivity contribution in [2.45, 2.75) is 13.0 Å². The molecular formula is C26H23NO5. The number of carbonyl (C=O) groups excluding carboxylic acids is 2. The topological polar surface area (TPSA) is 76.1 Å². The summed E-state index contributed by atoms with van der Waals surface area (Å²) in [5.74, 6) is -0.471. The zero-order valence-corrected chi connectivity index (χ0v) is 17.8. The molecule has 1 unspecified atom stereocenters. The number of nitrogens with zero attached hydrogens (tertiary/aromatic N) is 1. The van der Waals surface area contributed by atoms with Gasteiger partial charge in [-0.05, 0) is 48.9 Å². The van der Waals surface area contributed by atoms with E-state index in [4.69, 9.17) is 9.47 Å². The van der Waals surface area contributed by atoms with Crippen LogP contribution < -0.4 is 14.4 Å². The van der Waals surface area contributed by atoms with Crippen molar-refractivity contribution in [3.63, 3.8) is 0 Å². The minimum atomic E-state index is -0.783. The SMILES string of the molecule is CCOc1ccc(/C(O)=C2\C(=O)C(=O)N(c3cccc(OC)c3)C2c2ccccc2)cc1. The van der Waals surface area contributed by atoms with E-state index >= 15 is 0 Å². The zero-order chi connectivity index (χ0) is 22.7. The number of anilines is 1. The van der Waals surface area contributed by atoms with Crippen molar-refractivity contribution in [3.05, 3.63) is 95.6 Å². The highest BCUT2D eigenvalue weighted by molar-refractivity contribution is 6.51. The van der Waals surface area contributed by atoms with Gasteiger partial charge in [0.2, 0.25) is 0 Å². The second-order valence-electron chi connectivity index (χ2n) is 7.24. The summed E-state index contributed by atoms with van der Waals surface area (Å²) in [6, 6.07) is 22.1. The molecule has 1 atom stereocenters. The van der Waals surface area contributed by atoms with Crippen LogP contribution in [0.3, 0.4) is 0 Å². The Kier molecular flexibility index (Phi) is 5.94. The number of rotatable bonds is 6. The number of ether oxygens (including phenoxy) is 2. The van der Waals surface area contributed by atoms with Crippen molar-refractivity contribution in [1.82, 2.24) is 0 Å². The van der Waals surface area contributed by atoms with Crippen LogP contribution in [0.15, 0.2) is 84.4 Å². The van der Waals surface area contributed by atoms with Gasteiger partial charge in [0.05, 0.1) is 25.3 Å². The Labute approximate surface area is 186 Å². The van der Waals surface area contributed by atoms with E-state index < -0.39 is 17.7 Å². The van der Waals surface area contributed by atoms with E-state index in [2.05, 4.69) is 0 Å². The summed E-state index contributed by atoms with van der Waals surface area (Å²) in [6.45, 7) is 2.40. The summed E-state index contributed by atoms with van der Waals surface area (Å²) < 4.78 is 10.7. The van der Waals surface area contributed by atoms with Gasteiger partial charge < -0.3 is 14.6 Å². The fraction of sp³-hybridized carbons (Fsp3) is 0.154. The minimum absolute atomic E-state index is 0.0354. The lowest BCUT2D eigenvalue weighted by atomic mass is 9.95. The van der Waals surface area contributed by atoms with Crippen LogP contribution in [0.1, 0.15) is 24.1 Å². The Balaban J connectivity index is 1.87. The Morgan fingerprint density at radius 3 is 2.31 bits per heavy atom. The van der Waals surface area contributed by atoms with Crippen molar-refractivity contribution in [3.8, 4) is 11.5 Å². The third-order valence-corrected chi connectivity index (χ3v) is 5.33. The van der Waals surface area contributed by atoms with E-state index in [1.165, 1.54) is 12.0 Å². The number of aliphatic hydroxyl groups excluding tert-OH is 1. The first-order chi connectivity index (χ1) is 15.5. The van der Waals surface area contributed by atoms with Gasteiger partial charge in [-0.2, -0.15) is 0 Å². The third kappa shape index (κ3) is 3.83. The molecule has 4 rings (SSSR count). The predicted octanol–water partition coefficient (Wildman–Crippen LogP) is 4.72. The van der Waals surface area contributed by atoms with Gasteiger partial charge in [0, 0.05) is 17.3 Å². The molecule has 0 bridgehead atoms. The van der Waals surface area contributed by atoms with E-state index in [0.717, 1.165) is 0 Å². The summed E-state index contributed by atoms with van der Waals surface area (Å²) >= 11 is 0. The van der Waals surface area contributed by atoms with Gasteiger partial charge in [-0.25, -0.2) is 0 Å². The molecule has 0 saturated carbocycles. The molecule has 1 aliphatic rings. The molecule has 0 spiro atoms. The van der Waals surface area contributed by atoms with Gasteiger partial charge in [0.25, 0.3) is 11.7 Å². The zero-order valence-electron chi connectivity index (χ0n) is 17.8. The first-order valence-corrected chi connectivity index (χ1v) is 10.3. The second kappa shape index (κ2) is 8.98. The summed E-state index contributed by atoms with van der Waals surface area (Å²) in [4.78, 5) is 27.7. The highest BCUT2D eigenvalue weighted by Gasteiger charge is 2.47. The van der Waals surface area contributed by atoms with Crippen LogP contribution in [0, 0.1) is 0 Å². The van der Waals surface area contributed by atoms with Crippen LogP contribution in [0.2, 0.25) is 0 Å². The first-order valence-electron chi connectivity index (χ1n) is 10.3. The van der Waals surface area contributed by atoms with E-state index in [1.807, 2.05) is 37.3 Å². The van der Waals surface area contributed by atoms with Gasteiger partial charge in [-0.3, -0.25) is 14.5 Å². The Morgan fingerprint density at radius 2 is 1.66 bits per heavy atom. The normalized spacial score (nSPS) is 17.4. The molecule has 1 N–H and O–H groups in total. The number of amides is 1. The van der Waals surface area contributed by atoms with E-state index in [0.29, 0.717) is 34.9 Å². The van der Waals surface area contributed by atoms with E-state index in [1.54, 1.807) is 48.5 Å². The van der Waals surface area contributed by atoms with Crippen LogP contribution in [-0.4, -0.2) is 30.5 Å². The van der Waals surface area contributed by atoms with Crippen molar-refractivity contribution >= 4 is 23.1 Å². The largest absolute Gasteiger partial charge is 0.507 e. The molecule has 6 heteroatoms. The Hall–Kier alpha value is -4.06. The molecule has 3 aromatic carbocycles. The highest BCUT2D eigenvalue weighted by atomic mass is 16.5. The van der Waals surface area contributed by atoms with Gasteiger partial charge in [-0.1, -0.05) is 36.4 Å². The lowest BCUT2D eigenvalue weighted by molar-refractivity contribution is -0.132. The first kappa shape index (κ1) is 21.2. The monoisotopic (exact) mass is 429 g/mol. The maximum Gasteiger partial charge on any atom is 0.300 e. The minimum Gasteiger partial charge on any atom is -0.507 e. The molecule has 1 saturated heterocycles. The number of ketones is 1.